The molecule has 0 aliphatic carbocycles. The molecule has 0 bridgehead atoms. The van der Waals surface area contributed by atoms with Crippen molar-refractivity contribution < 1.29 is 13.9 Å². The molecule has 8 nitrogen and oxygen atoms in total. The van der Waals surface area contributed by atoms with Crippen LogP contribution < -0.4 is 20.1 Å². The highest BCUT2D eigenvalue weighted by molar-refractivity contribution is 7.12. The summed E-state index contributed by atoms with van der Waals surface area (Å²) in [6.07, 6.45) is 7.11. The van der Waals surface area contributed by atoms with E-state index in [1.165, 1.54) is 6.33 Å². The lowest BCUT2D eigenvalue weighted by atomic mass is 10.1. The van der Waals surface area contributed by atoms with Gasteiger partial charge in [0, 0.05) is 10.9 Å². The SMILES string of the molecule is Cc1nc(C)c(C=CCOc2ccc(Nc3ncnc4ccc(OC5CCNCC5)nc34)c(F)c2Cl)s1.Cl. The van der Waals surface area contributed by atoms with Crippen molar-refractivity contribution in [1.29, 1.82) is 0 Å². The second-order valence-corrected chi connectivity index (χ2v) is 10.2. The number of nitrogens with zero attached hydrogens (tertiary/aromatic N) is 4. The Hall–Kier alpha value is -3.05. The number of halogens is 3. The fourth-order valence-electron chi connectivity index (χ4n) is 4.03. The standard InChI is InChI=1S/C26H26ClFN6O2S.ClH/c1-15-21(37-16(2)32-15)4-3-13-35-20-7-5-18(24(28)23(20)27)33-26-25-19(30-14-31-26)6-8-22(34-25)36-17-9-11-29-12-10-17;/h3-8,14,17,29H,9-13H2,1-2H3,(H,30,31,33);1H. The van der Waals surface area contributed by atoms with Crippen molar-refractivity contribution in [3.05, 3.63) is 63.1 Å². The average molecular weight is 578 g/mol. The summed E-state index contributed by atoms with van der Waals surface area (Å²) in [5.74, 6) is 0.430. The van der Waals surface area contributed by atoms with Crippen LogP contribution in [0.2, 0.25) is 5.02 Å². The Morgan fingerprint density at radius 3 is 2.74 bits per heavy atom. The van der Waals surface area contributed by atoms with E-state index >= 15 is 4.39 Å². The highest BCUT2D eigenvalue weighted by atomic mass is 35.5. The minimum absolute atomic E-state index is 0. The molecule has 1 aliphatic heterocycles. The second-order valence-electron chi connectivity index (χ2n) is 8.57. The monoisotopic (exact) mass is 576 g/mol. The molecule has 0 saturated carbocycles. The molecule has 0 amide bonds. The number of pyridine rings is 1. The average Bonchev–Trinajstić information content (AvgIpc) is 3.23. The first-order chi connectivity index (χ1) is 18.0. The number of thiazole rings is 1. The van der Waals surface area contributed by atoms with Crippen LogP contribution in [0.3, 0.4) is 0 Å². The van der Waals surface area contributed by atoms with Gasteiger partial charge in [-0.2, -0.15) is 0 Å². The molecular weight excluding hydrogens is 550 g/mol. The first-order valence-electron chi connectivity index (χ1n) is 12.0. The van der Waals surface area contributed by atoms with Gasteiger partial charge < -0.3 is 20.1 Å². The van der Waals surface area contributed by atoms with Crippen molar-refractivity contribution in [3.63, 3.8) is 0 Å². The molecule has 4 aromatic rings. The maximum absolute atomic E-state index is 15.2. The summed E-state index contributed by atoms with van der Waals surface area (Å²) in [5.41, 5.74) is 2.20. The first kappa shape index (κ1) is 28.0. The van der Waals surface area contributed by atoms with Gasteiger partial charge in [0.15, 0.2) is 11.6 Å². The topological polar surface area (TPSA) is 94.1 Å². The molecule has 3 aromatic heterocycles. The molecule has 4 heterocycles. The Morgan fingerprint density at radius 1 is 1.16 bits per heavy atom. The summed E-state index contributed by atoms with van der Waals surface area (Å²) in [4.78, 5) is 18.6. The Balaban J connectivity index is 0.00000336. The lowest BCUT2D eigenvalue weighted by Gasteiger charge is -2.23. The number of aromatic nitrogens is 4. The summed E-state index contributed by atoms with van der Waals surface area (Å²) >= 11 is 7.90. The number of fused-ring (bicyclic) bond motifs is 1. The Morgan fingerprint density at radius 2 is 1.97 bits per heavy atom. The largest absolute Gasteiger partial charge is 0.488 e. The van der Waals surface area contributed by atoms with Gasteiger partial charge >= 0.3 is 0 Å². The number of benzene rings is 1. The van der Waals surface area contributed by atoms with E-state index in [9.17, 15) is 0 Å². The minimum atomic E-state index is -0.647. The van der Waals surface area contributed by atoms with E-state index < -0.39 is 5.82 Å². The molecule has 5 rings (SSSR count). The molecule has 0 unspecified atom stereocenters. The van der Waals surface area contributed by atoms with Gasteiger partial charge in [-0.25, -0.2) is 24.3 Å². The molecule has 12 heteroatoms. The van der Waals surface area contributed by atoms with E-state index in [0.29, 0.717) is 22.7 Å². The van der Waals surface area contributed by atoms with Crippen molar-refractivity contribution >= 4 is 64.0 Å². The molecule has 0 radical (unpaired) electrons. The van der Waals surface area contributed by atoms with Gasteiger partial charge in [0.2, 0.25) is 5.88 Å². The number of anilines is 2. The third-order valence-corrected chi connectivity index (χ3v) is 7.26. The zero-order valence-corrected chi connectivity index (χ0v) is 23.2. The smallest absolute Gasteiger partial charge is 0.214 e. The van der Waals surface area contributed by atoms with Crippen LogP contribution in [0.5, 0.6) is 11.6 Å². The third kappa shape index (κ3) is 6.50. The Kier molecular flexibility index (Phi) is 9.32. The predicted molar refractivity (Wildman–Crippen MR) is 152 cm³/mol. The van der Waals surface area contributed by atoms with Gasteiger partial charge in [0.1, 0.15) is 35.3 Å². The lowest BCUT2D eigenvalue weighted by molar-refractivity contribution is 0.156. The van der Waals surface area contributed by atoms with Crippen molar-refractivity contribution in [1.82, 2.24) is 25.3 Å². The molecule has 1 aromatic carbocycles. The highest BCUT2D eigenvalue weighted by Crippen LogP contribution is 2.34. The fourth-order valence-corrected chi connectivity index (χ4v) is 5.10. The zero-order chi connectivity index (χ0) is 25.8. The van der Waals surface area contributed by atoms with E-state index in [-0.39, 0.29) is 41.6 Å². The van der Waals surface area contributed by atoms with E-state index in [0.717, 1.165) is 41.5 Å². The van der Waals surface area contributed by atoms with Gasteiger partial charge in [-0.15, -0.1) is 23.7 Å². The van der Waals surface area contributed by atoms with E-state index in [1.54, 1.807) is 29.5 Å². The number of hydrogen-bond acceptors (Lipinski definition) is 9. The highest BCUT2D eigenvalue weighted by Gasteiger charge is 2.18. The minimum Gasteiger partial charge on any atom is -0.488 e. The normalized spacial score (nSPS) is 14.0. The summed E-state index contributed by atoms with van der Waals surface area (Å²) in [6, 6.07) is 6.78. The molecule has 38 heavy (non-hydrogen) atoms. The van der Waals surface area contributed by atoms with Gasteiger partial charge in [-0.05, 0) is 70.1 Å². The van der Waals surface area contributed by atoms with Crippen molar-refractivity contribution in [2.75, 3.05) is 25.0 Å². The van der Waals surface area contributed by atoms with Crippen LogP contribution in [0.25, 0.3) is 17.1 Å². The van der Waals surface area contributed by atoms with E-state index in [4.69, 9.17) is 21.1 Å². The van der Waals surface area contributed by atoms with Gasteiger partial charge in [0.25, 0.3) is 0 Å². The summed E-state index contributed by atoms with van der Waals surface area (Å²) in [7, 11) is 0. The molecule has 2 N–H and O–H groups in total. The number of piperidine rings is 1. The molecule has 0 spiro atoms. The fraction of sp³-hybridized carbons (Fsp3) is 0.308. The summed E-state index contributed by atoms with van der Waals surface area (Å²) < 4.78 is 26.9. The van der Waals surface area contributed by atoms with Crippen LogP contribution >= 0.6 is 35.3 Å². The van der Waals surface area contributed by atoms with Gasteiger partial charge in [0.05, 0.1) is 21.9 Å². The van der Waals surface area contributed by atoms with Crippen LogP contribution in [0.15, 0.2) is 36.7 Å². The molecule has 1 aliphatic rings. The predicted octanol–water partition coefficient (Wildman–Crippen LogP) is 6.28. The Bertz CT molecular complexity index is 1450. The quantitative estimate of drug-likeness (QED) is 0.253. The van der Waals surface area contributed by atoms with Crippen LogP contribution in [-0.2, 0) is 0 Å². The summed E-state index contributed by atoms with van der Waals surface area (Å²) in [5, 5.41) is 7.19. The maximum Gasteiger partial charge on any atom is 0.214 e. The van der Waals surface area contributed by atoms with Gasteiger partial charge in [-0.3, -0.25) is 0 Å². The van der Waals surface area contributed by atoms with E-state index in [2.05, 4.69) is 30.6 Å². The molecule has 0 atom stereocenters. The van der Waals surface area contributed by atoms with Crippen LogP contribution in [0.4, 0.5) is 15.9 Å². The molecule has 1 saturated heterocycles. The van der Waals surface area contributed by atoms with Crippen LogP contribution in [0, 0.1) is 19.7 Å². The number of hydrogen-bond donors (Lipinski definition) is 2. The second kappa shape index (κ2) is 12.7. The maximum atomic E-state index is 15.2. The number of rotatable bonds is 8. The molecular formula is C26H27Cl2FN6O2S. The molecule has 200 valence electrons. The van der Waals surface area contributed by atoms with Crippen molar-refractivity contribution in [2.45, 2.75) is 32.8 Å². The number of aryl methyl sites for hydroxylation is 2. The molecule has 1 fully saturated rings. The van der Waals surface area contributed by atoms with Crippen LogP contribution in [0.1, 0.15) is 28.4 Å². The Labute approximate surface area is 235 Å². The summed E-state index contributed by atoms with van der Waals surface area (Å²) in [6.45, 7) is 5.99. The zero-order valence-electron chi connectivity index (χ0n) is 20.8. The van der Waals surface area contributed by atoms with Crippen molar-refractivity contribution in [2.24, 2.45) is 0 Å². The third-order valence-electron chi connectivity index (χ3n) is 5.87. The number of ether oxygens (including phenoxy) is 2. The first-order valence-corrected chi connectivity index (χ1v) is 13.1. The van der Waals surface area contributed by atoms with Crippen molar-refractivity contribution in [3.8, 4) is 11.6 Å². The lowest BCUT2D eigenvalue weighted by Crippen LogP contribution is -2.34. The van der Waals surface area contributed by atoms with Crippen LogP contribution in [-0.4, -0.2) is 45.7 Å². The van der Waals surface area contributed by atoms with Gasteiger partial charge in [-0.1, -0.05) is 11.6 Å². The number of nitrogens with one attached hydrogen (secondary N) is 2. The van der Waals surface area contributed by atoms with E-state index in [1.807, 2.05) is 32.1 Å².